The third-order valence-electron chi connectivity index (χ3n) is 0.766. The average molecular weight is 127 g/mol. The van der Waals surface area contributed by atoms with Crippen LogP contribution in [0.3, 0.4) is 0 Å². The number of nitrogens with one attached hydrogen (secondary N) is 1. The van der Waals surface area contributed by atoms with Gasteiger partial charge in [-0.2, -0.15) is 0 Å². The number of hydrogen-bond donors (Lipinski definition) is 1. The summed E-state index contributed by atoms with van der Waals surface area (Å²) in [4.78, 5) is 8.35. The summed E-state index contributed by atoms with van der Waals surface area (Å²) in [5, 5.41) is 5.40. The molecule has 0 spiro atoms. The molecule has 50 valence electrons. The van der Waals surface area contributed by atoms with Gasteiger partial charge in [0.1, 0.15) is 0 Å². The molecule has 1 rings (SSSR count). The van der Waals surface area contributed by atoms with Crippen LogP contribution in [0.5, 0.6) is 0 Å². The van der Waals surface area contributed by atoms with E-state index in [1.165, 1.54) is 0 Å². The monoisotopic (exact) mass is 127 g/mol. The number of rotatable bonds is 1. The van der Waals surface area contributed by atoms with E-state index in [1.54, 1.807) is 0 Å². The lowest BCUT2D eigenvalue weighted by Gasteiger charge is -1.66. The van der Waals surface area contributed by atoms with Crippen LogP contribution in [-0.2, 0) is 9.53 Å². The van der Waals surface area contributed by atoms with E-state index in [2.05, 4.69) is 6.08 Å². The van der Waals surface area contributed by atoms with Crippen molar-refractivity contribution in [1.29, 1.82) is 5.41 Å². The Balaban J connectivity index is 0.000000187. The number of hydrogen-bond acceptors (Lipinski definition) is 3. The Morgan fingerprint density at radius 3 is 2.44 bits per heavy atom. The highest BCUT2D eigenvalue weighted by Crippen LogP contribution is 2.08. The Morgan fingerprint density at radius 1 is 1.89 bits per heavy atom. The number of isocyanates is 1. The standard InChI is InChI=1S/C5H8O.CHNO/c1-2-3-5-4-6-5;2-1-3/h2-3,5H,4H2,1H3;2H. The van der Waals surface area contributed by atoms with Crippen molar-refractivity contribution in [1.82, 2.24) is 0 Å². The van der Waals surface area contributed by atoms with Crippen molar-refractivity contribution in [3.05, 3.63) is 12.2 Å². The highest BCUT2D eigenvalue weighted by Gasteiger charge is 2.16. The zero-order chi connectivity index (χ0) is 7.11. The molecule has 1 aliphatic heterocycles. The molecule has 0 bridgehead atoms. The van der Waals surface area contributed by atoms with Crippen LogP contribution in [0.25, 0.3) is 0 Å². The van der Waals surface area contributed by atoms with Crippen LogP contribution >= 0.6 is 0 Å². The SMILES string of the molecule is CC=CC1CO1.N=C=O. The summed E-state index contributed by atoms with van der Waals surface area (Å²) in [5.41, 5.74) is 0. The predicted molar refractivity (Wildman–Crippen MR) is 33.0 cm³/mol. The molecule has 1 heterocycles. The first-order chi connectivity index (χ1) is 4.35. The van der Waals surface area contributed by atoms with Crippen molar-refractivity contribution in [2.45, 2.75) is 13.0 Å². The Labute approximate surface area is 53.8 Å². The largest absolute Gasteiger partial charge is 0.369 e. The second-order valence-corrected chi connectivity index (χ2v) is 1.50. The van der Waals surface area contributed by atoms with Crippen LogP contribution in [0.1, 0.15) is 6.92 Å². The van der Waals surface area contributed by atoms with Gasteiger partial charge in [0.05, 0.1) is 12.7 Å². The topological polar surface area (TPSA) is 53.5 Å². The summed E-state index contributed by atoms with van der Waals surface area (Å²) in [6.07, 6.45) is 5.28. The number of carbonyl (C=O) groups excluding carboxylic acids is 1. The molecule has 0 aromatic rings. The Morgan fingerprint density at radius 2 is 2.33 bits per heavy atom. The molecule has 0 aromatic carbocycles. The molecule has 1 N–H and O–H groups in total. The van der Waals surface area contributed by atoms with Crippen molar-refractivity contribution in [3.63, 3.8) is 0 Å². The van der Waals surface area contributed by atoms with Gasteiger partial charge in [-0.25, -0.2) is 10.2 Å². The van der Waals surface area contributed by atoms with E-state index in [4.69, 9.17) is 14.9 Å². The molecule has 3 nitrogen and oxygen atoms in total. The second kappa shape index (κ2) is 5.22. The fraction of sp³-hybridized carbons (Fsp3) is 0.500. The summed E-state index contributed by atoms with van der Waals surface area (Å²) < 4.78 is 4.86. The molecule has 0 saturated carbocycles. The molecule has 3 heteroatoms. The third kappa shape index (κ3) is 7.08. The second-order valence-electron chi connectivity index (χ2n) is 1.50. The summed E-state index contributed by atoms with van der Waals surface area (Å²) in [6.45, 7) is 2.94. The van der Waals surface area contributed by atoms with Crippen molar-refractivity contribution in [3.8, 4) is 0 Å². The Kier molecular flexibility index (Phi) is 4.69. The third-order valence-corrected chi connectivity index (χ3v) is 0.766. The van der Waals surface area contributed by atoms with Crippen molar-refractivity contribution in [2.24, 2.45) is 0 Å². The van der Waals surface area contributed by atoms with Crippen LogP contribution in [0, 0.1) is 5.41 Å². The van der Waals surface area contributed by atoms with Gasteiger partial charge in [0.15, 0.2) is 0 Å². The van der Waals surface area contributed by atoms with Crippen LogP contribution < -0.4 is 0 Å². The molecule has 0 aliphatic carbocycles. The first-order valence-corrected chi connectivity index (χ1v) is 2.63. The van der Waals surface area contributed by atoms with E-state index in [-0.39, 0.29) is 0 Å². The zero-order valence-corrected chi connectivity index (χ0v) is 5.26. The first-order valence-electron chi connectivity index (χ1n) is 2.63. The minimum Gasteiger partial charge on any atom is -0.369 e. The molecule has 0 aromatic heterocycles. The summed E-state index contributed by atoms with van der Waals surface area (Å²) >= 11 is 0. The van der Waals surface area contributed by atoms with Gasteiger partial charge in [-0.15, -0.1) is 0 Å². The van der Waals surface area contributed by atoms with E-state index < -0.39 is 0 Å². The Hall–Kier alpha value is -0.920. The zero-order valence-electron chi connectivity index (χ0n) is 5.26. The molecule has 9 heavy (non-hydrogen) atoms. The lowest BCUT2D eigenvalue weighted by Crippen LogP contribution is -1.68. The fourth-order valence-electron chi connectivity index (χ4n) is 0.381. The minimum atomic E-state index is 0.468. The van der Waals surface area contributed by atoms with Crippen LogP contribution in [0.2, 0.25) is 0 Å². The maximum atomic E-state index is 8.35. The smallest absolute Gasteiger partial charge is 0.231 e. The summed E-state index contributed by atoms with van der Waals surface area (Å²) in [6, 6.07) is 0. The van der Waals surface area contributed by atoms with Crippen LogP contribution in [-0.4, -0.2) is 18.8 Å². The highest BCUT2D eigenvalue weighted by molar-refractivity contribution is 5.26. The van der Waals surface area contributed by atoms with Gasteiger partial charge in [0, 0.05) is 0 Å². The van der Waals surface area contributed by atoms with Gasteiger partial charge in [-0.3, -0.25) is 0 Å². The molecule has 1 saturated heterocycles. The van der Waals surface area contributed by atoms with E-state index >= 15 is 0 Å². The lowest BCUT2D eigenvalue weighted by molar-refractivity contribution is 0.440. The lowest BCUT2D eigenvalue weighted by atomic mass is 10.4. The Bertz CT molecular complexity index is 121. The molecular formula is C6H9NO2. The van der Waals surface area contributed by atoms with Gasteiger partial charge in [-0.05, 0) is 6.92 Å². The molecule has 1 fully saturated rings. The highest BCUT2D eigenvalue weighted by atomic mass is 16.6. The summed E-state index contributed by atoms with van der Waals surface area (Å²) in [5.74, 6) is 0. The maximum Gasteiger partial charge on any atom is 0.231 e. The molecular weight excluding hydrogens is 118 g/mol. The van der Waals surface area contributed by atoms with E-state index in [0.717, 1.165) is 12.7 Å². The van der Waals surface area contributed by atoms with E-state index in [0.29, 0.717) is 6.10 Å². The fourth-order valence-corrected chi connectivity index (χ4v) is 0.381. The molecule has 0 amide bonds. The number of epoxide rings is 1. The minimum absolute atomic E-state index is 0.468. The van der Waals surface area contributed by atoms with Gasteiger partial charge in [0.2, 0.25) is 6.08 Å². The number of ether oxygens (including phenoxy) is 1. The van der Waals surface area contributed by atoms with E-state index in [1.807, 2.05) is 13.0 Å². The average Bonchev–Trinajstić information content (AvgIpc) is 2.53. The first kappa shape index (κ1) is 8.08. The molecule has 0 radical (unpaired) electrons. The number of allylic oxidation sites excluding steroid dienone is 1. The normalized spacial score (nSPS) is 22.1. The molecule has 1 aliphatic rings. The molecule has 1 unspecified atom stereocenters. The van der Waals surface area contributed by atoms with Crippen LogP contribution in [0.15, 0.2) is 12.2 Å². The van der Waals surface area contributed by atoms with Crippen molar-refractivity contribution >= 4 is 6.08 Å². The summed E-state index contributed by atoms with van der Waals surface area (Å²) in [7, 11) is 0. The van der Waals surface area contributed by atoms with Gasteiger partial charge in [-0.1, -0.05) is 12.2 Å². The van der Waals surface area contributed by atoms with Gasteiger partial charge < -0.3 is 4.74 Å². The quantitative estimate of drug-likeness (QED) is 0.246. The maximum absolute atomic E-state index is 8.35. The van der Waals surface area contributed by atoms with Gasteiger partial charge >= 0.3 is 0 Å². The van der Waals surface area contributed by atoms with Gasteiger partial charge in [0.25, 0.3) is 0 Å². The van der Waals surface area contributed by atoms with E-state index in [9.17, 15) is 0 Å². The van der Waals surface area contributed by atoms with Crippen LogP contribution in [0.4, 0.5) is 0 Å². The predicted octanol–water partition coefficient (Wildman–Crippen LogP) is 0.862. The molecule has 1 atom stereocenters. The van der Waals surface area contributed by atoms with Crippen molar-refractivity contribution < 1.29 is 9.53 Å². The van der Waals surface area contributed by atoms with Crippen molar-refractivity contribution in [2.75, 3.05) is 6.61 Å².